The fourth-order valence-corrected chi connectivity index (χ4v) is 2.00. The van der Waals surface area contributed by atoms with Gasteiger partial charge < -0.3 is 20.5 Å². The predicted octanol–water partition coefficient (Wildman–Crippen LogP) is 3.52. The van der Waals surface area contributed by atoms with Crippen molar-refractivity contribution in [1.29, 1.82) is 0 Å². The molecule has 0 heterocycles. The molecule has 0 saturated heterocycles. The first-order valence-corrected chi connectivity index (χ1v) is 7.45. The van der Waals surface area contributed by atoms with Crippen LogP contribution < -0.4 is 15.4 Å². The number of aryl methyl sites for hydroxylation is 1. The average molecular weight is 330 g/mol. The highest BCUT2D eigenvalue weighted by Gasteiger charge is 2.16. The third-order valence-corrected chi connectivity index (χ3v) is 3.43. The number of halogens is 2. The summed E-state index contributed by atoms with van der Waals surface area (Å²) in [6.45, 7) is 3.12. The minimum absolute atomic E-state index is 0.0726. The summed E-state index contributed by atoms with van der Waals surface area (Å²) in [6, 6.07) is 4.16. The molecule has 0 atom stereocenters. The number of aliphatic hydroxyl groups is 1. The molecular weight excluding hydrogens is 306 g/mol. The van der Waals surface area contributed by atoms with Crippen LogP contribution in [0.1, 0.15) is 32.3 Å². The van der Waals surface area contributed by atoms with E-state index < -0.39 is 12.6 Å². The first kappa shape index (κ1) is 19.2. The number of anilines is 1. The van der Waals surface area contributed by atoms with Crippen LogP contribution in [0.3, 0.4) is 0 Å². The fourth-order valence-electron chi connectivity index (χ4n) is 2.00. The number of para-hydroxylation sites is 1. The molecule has 0 radical (unpaired) electrons. The second-order valence-corrected chi connectivity index (χ2v) is 6.13. The highest BCUT2D eigenvalue weighted by molar-refractivity contribution is 5.91. The third kappa shape index (κ3) is 6.81. The number of nitrogens with one attached hydrogen (secondary N) is 2. The van der Waals surface area contributed by atoms with Gasteiger partial charge in [0.2, 0.25) is 0 Å². The van der Waals surface area contributed by atoms with Crippen LogP contribution in [0, 0.1) is 12.3 Å². The number of urea groups is 1. The lowest BCUT2D eigenvalue weighted by atomic mass is 9.89. The lowest BCUT2D eigenvalue weighted by Gasteiger charge is -2.21. The Bertz CT molecular complexity index is 522. The number of aliphatic hydroxyl groups excluding tert-OH is 1. The minimum Gasteiger partial charge on any atom is -0.433 e. The number of carbonyl (C=O) groups excluding carboxylic acids is 1. The van der Waals surface area contributed by atoms with Gasteiger partial charge in [-0.15, -0.1) is 0 Å². The molecule has 2 amide bonds. The van der Waals surface area contributed by atoms with Crippen molar-refractivity contribution in [1.82, 2.24) is 5.32 Å². The summed E-state index contributed by atoms with van der Waals surface area (Å²) in [5.74, 6) is -0.0726. The van der Waals surface area contributed by atoms with Gasteiger partial charge in [0.1, 0.15) is 5.75 Å². The molecule has 1 aromatic rings. The summed E-state index contributed by atoms with van der Waals surface area (Å²) in [7, 11) is 0. The fraction of sp³-hybridized carbons (Fsp3) is 0.562. The summed E-state index contributed by atoms with van der Waals surface area (Å²) >= 11 is 0. The van der Waals surface area contributed by atoms with Crippen LogP contribution in [0.15, 0.2) is 18.2 Å². The number of carbonyl (C=O) groups is 1. The van der Waals surface area contributed by atoms with Gasteiger partial charge in [-0.3, -0.25) is 0 Å². The van der Waals surface area contributed by atoms with Gasteiger partial charge in [-0.25, -0.2) is 4.79 Å². The minimum atomic E-state index is -2.96. The molecule has 5 nitrogen and oxygen atoms in total. The zero-order valence-electron chi connectivity index (χ0n) is 13.7. The molecule has 0 aliphatic rings. The molecule has 0 spiro atoms. The molecule has 0 unspecified atom stereocenters. The monoisotopic (exact) mass is 330 g/mol. The van der Waals surface area contributed by atoms with Crippen LogP contribution >= 0.6 is 0 Å². The van der Waals surface area contributed by atoms with Gasteiger partial charge in [0.15, 0.2) is 0 Å². The number of rotatable bonds is 8. The Kier molecular flexibility index (Phi) is 7.22. The standard InChI is InChI=1S/C16H24F2N2O3/c1-11-6-4-7-12(23-14(17)18)13(11)20-15(22)19-9-5-8-16(2,3)10-21/h4,6-7,14,21H,5,8-10H2,1-3H3,(H2,19,20,22). The van der Waals surface area contributed by atoms with Crippen molar-refractivity contribution in [3.63, 3.8) is 0 Å². The van der Waals surface area contributed by atoms with Gasteiger partial charge in [-0.1, -0.05) is 26.0 Å². The molecule has 0 bridgehead atoms. The Hall–Kier alpha value is -1.89. The van der Waals surface area contributed by atoms with Crippen molar-refractivity contribution in [2.45, 2.75) is 40.2 Å². The lowest BCUT2D eigenvalue weighted by molar-refractivity contribution is -0.0493. The smallest absolute Gasteiger partial charge is 0.387 e. The van der Waals surface area contributed by atoms with Gasteiger partial charge in [-0.2, -0.15) is 8.78 Å². The van der Waals surface area contributed by atoms with Crippen LogP contribution in [0.25, 0.3) is 0 Å². The van der Waals surface area contributed by atoms with E-state index in [2.05, 4.69) is 15.4 Å². The molecule has 3 N–H and O–H groups in total. The van der Waals surface area contributed by atoms with Crippen molar-refractivity contribution in [3.05, 3.63) is 23.8 Å². The van der Waals surface area contributed by atoms with E-state index in [4.69, 9.17) is 5.11 Å². The molecule has 7 heteroatoms. The summed E-state index contributed by atoms with van der Waals surface area (Å²) in [5.41, 5.74) is 0.660. The molecule has 0 fully saturated rings. The Morgan fingerprint density at radius 2 is 2.09 bits per heavy atom. The second-order valence-electron chi connectivity index (χ2n) is 6.13. The maximum atomic E-state index is 12.4. The van der Waals surface area contributed by atoms with E-state index >= 15 is 0 Å². The van der Waals surface area contributed by atoms with E-state index in [1.807, 2.05) is 13.8 Å². The first-order valence-electron chi connectivity index (χ1n) is 7.45. The normalized spacial score (nSPS) is 11.4. The van der Waals surface area contributed by atoms with Gasteiger partial charge in [0.05, 0.1) is 5.69 Å². The SMILES string of the molecule is Cc1cccc(OC(F)F)c1NC(=O)NCCCC(C)(C)CO. The molecule has 0 aromatic heterocycles. The van der Waals surface area contributed by atoms with Crippen molar-refractivity contribution in [2.24, 2.45) is 5.41 Å². The summed E-state index contributed by atoms with van der Waals surface area (Å²) in [4.78, 5) is 11.9. The summed E-state index contributed by atoms with van der Waals surface area (Å²) < 4.78 is 29.2. The second kappa shape index (κ2) is 8.67. The molecular formula is C16H24F2N2O3. The molecule has 0 aliphatic heterocycles. The number of alkyl halides is 2. The van der Waals surface area contributed by atoms with Gasteiger partial charge in [0.25, 0.3) is 0 Å². The zero-order chi connectivity index (χ0) is 17.5. The van der Waals surface area contributed by atoms with E-state index in [0.717, 1.165) is 6.42 Å². The topological polar surface area (TPSA) is 70.6 Å². The Morgan fingerprint density at radius 3 is 2.70 bits per heavy atom. The summed E-state index contributed by atoms with van der Waals surface area (Å²) in [5, 5.41) is 14.4. The van der Waals surface area contributed by atoms with Crippen molar-refractivity contribution >= 4 is 11.7 Å². The van der Waals surface area contributed by atoms with E-state index in [9.17, 15) is 13.6 Å². The molecule has 0 saturated carbocycles. The molecule has 0 aliphatic carbocycles. The third-order valence-electron chi connectivity index (χ3n) is 3.43. The van der Waals surface area contributed by atoms with E-state index in [1.54, 1.807) is 19.1 Å². The van der Waals surface area contributed by atoms with Crippen molar-refractivity contribution < 1.29 is 23.4 Å². The zero-order valence-corrected chi connectivity index (χ0v) is 13.7. The maximum absolute atomic E-state index is 12.4. The average Bonchev–Trinajstić information content (AvgIpc) is 2.47. The lowest BCUT2D eigenvalue weighted by Crippen LogP contribution is -2.31. The van der Waals surface area contributed by atoms with Crippen LogP contribution in [0.2, 0.25) is 0 Å². The van der Waals surface area contributed by atoms with E-state index in [0.29, 0.717) is 18.5 Å². The van der Waals surface area contributed by atoms with Gasteiger partial charge in [-0.05, 0) is 36.8 Å². The van der Waals surface area contributed by atoms with Crippen molar-refractivity contribution in [3.8, 4) is 5.75 Å². The highest BCUT2D eigenvalue weighted by Crippen LogP contribution is 2.29. The molecule has 1 rings (SSSR count). The van der Waals surface area contributed by atoms with Crippen LogP contribution in [-0.2, 0) is 0 Å². The Balaban J connectivity index is 2.54. The van der Waals surface area contributed by atoms with E-state index in [-0.39, 0.29) is 23.5 Å². The first-order chi connectivity index (χ1) is 10.7. The predicted molar refractivity (Wildman–Crippen MR) is 84.9 cm³/mol. The molecule has 1 aromatic carbocycles. The highest BCUT2D eigenvalue weighted by atomic mass is 19.3. The number of ether oxygens (including phenoxy) is 1. The number of amides is 2. The number of benzene rings is 1. The van der Waals surface area contributed by atoms with Crippen LogP contribution in [0.4, 0.5) is 19.3 Å². The summed E-state index contributed by atoms with van der Waals surface area (Å²) in [6.07, 6.45) is 1.46. The molecule has 130 valence electrons. The maximum Gasteiger partial charge on any atom is 0.387 e. The van der Waals surface area contributed by atoms with Crippen LogP contribution in [-0.4, -0.2) is 30.9 Å². The van der Waals surface area contributed by atoms with Crippen LogP contribution in [0.5, 0.6) is 5.75 Å². The Morgan fingerprint density at radius 1 is 1.39 bits per heavy atom. The largest absolute Gasteiger partial charge is 0.433 e. The quantitative estimate of drug-likeness (QED) is 0.639. The number of hydrogen-bond donors (Lipinski definition) is 3. The Labute approximate surface area is 135 Å². The van der Waals surface area contributed by atoms with Gasteiger partial charge >= 0.3 is 12.6 Å². The van der Waals surface area contributed by atoms with E-state index in [1.165, 1.54) is 6.07 Å². The van der Waals surface area contributed by atoms with Gasteiger partial charge in [0, 0.05) is 13.2 Å². The van der Waals surface area contributed by atoms with Crippen molar-refractivity contribution in [2.75, 3.05) is 18.5 Å². The number of hydrogen-bond acceptors (Lipinski definition) is 3. The molecule has 23 heavy (non-hydrogen) atoms.